The molecule has 0 fully saturated rings. The van der Waals surface area contributed by atoms with Crippen LogP contribution in [0.4, 0.5) is 0 Å². The standard InChI is InChI=1S/C11H9NO3/c1-15-11(14)4-2-3-10-6-5-9(8-13)7-12-10/h5-8H,4H2,1H3. The van der Waals surface area contributed by atoms with Gasteiger partial charge in [0.25, 0.3) is 0 Å². The van der Waals surface area contributed by atoms with E-state index in [4.69, 9.17) is 0 Å². The molecular weight excluding hydrogens is 194 g/mol. The number of carbonyl (C=O) groups is 2. The van der Waals surface area contributed by atoms with Crippen LogP contribution in [-0.4, -0.2) is 24.3 Å². The molecule has 0 aliphatic carbocycles. The molecule has 4 nitrogen and oxygen atoms in total. The monoisotopic (exact) mass is 203 g/mol. The largest absolute Gasteiger partial charge is 0.468 e. The molecule has 1 aromatic rings. The quantitative estimate of drug-likeness (QED) is 0.405. The molecule has 0 spiro atoms. The summed E-state index contributed by atoms with van der Waals surface area (Å²) in [7, 11) is 1.31. The van der Waals surface area contributed by atoms with Gasteiger partial charge in [-0.05, 0) is 18.1 Å². The molecule has 0 atom stereocenters. The maximum absolute atomic E-state index is 10.7. The van der Waals surface area contributed by atoms with Crippen LogP contribution in [0.1, 0.15) is 22.5 Å². The number of aromatic nitrogens is 1. The van der Waals surface area contributed by atoms with Crippen molar-refractivity contribution in [1.82, 2.24) is 4.98 Å². The number of esters is 1. The van der Waals surface area contributed by atoms with Gasteiger partial charge in [-0.15, -0.1) is 0 Å². The normalized spacial score (nSPS) is 8.60. The van der Waals surface area contributed by atoms with Gasteiger partial charge in [0.1, 0.15) is 12.1 Å². The Morgan fingerprint density at radius 3 is 2.93 bits per heavy atom. The molecule has 0 amide bonds. The summed E-state index contributed by atoms with van der Waals surface area (Å²) in [4.78, 5) is 24.9. The first-order valence-electron chi connectivity index (χ1n) is 4.23. The van der Waals surface area contributed by atoms with Crippen LogP contribution in [0.2, 0.25) is 0 Å². The van der Waals surface area contributed by atoms with Crippen LogP contribution in [-0.2, 0) is 9.53 Å². The van der Waals surface area contributed by atoms with Gasteiger partial charge in [-0.1, -0.05) is 5.92 Å². The molecule has 0 aliphatic heterocycles. The van der Waals surface area contributed by atoms with Gasteiger partial charge < -0.3 is 4.74 Å². The minimum absolute atomic E-state index is 0.0353. The van der Waals surface area contributed by atoms with Crippen molar-refractivity contribution >= 4 is 12.3 Å². The van der Waals surface area contributed by atoms with E-state index in [0.29, 0.717) is 17.5 Å². The lowest BCUT2D eigenvalue weighted by atomic mass is 10.2. The number of carbonyl (C=O) groups excluding carboxylic acids is 2. The van der Waals surface area contributed by atoms with Crippen molar-refractivity contribution in [3.8, 4) is 11.8 Å². The molecule has 76 valence electrons. The first kappa shape index (κ1) is 10.9. The van der Waals surface area contributed by atoms with Gasteiger partial charge in [-0.2, -0.15) is 0 Å². The number of hydrogen-bond donors (Lipinski definition) is 0. The van der Waals surface area contributed by atoms with Crippen LogP contribution in [0.3, 0.4) is 0 Å². The fourth-order valence-corrected chi connectivity index (χ4v) is 0.828. The number of ether oxygens (including phenoxy) is 1. The molecule has 1 aromatic heterocycles. The van der Waals surface area contributed by atoms with E-state index < -0.39 is 0 Å². The van der Waals surface area contributed by atoms with E-state index in [2.05, 4.69) is 21.6 Å². The van der Waals surface area contributed by atoms with Crippen molar-refractivity contribution in [2.24, 2.45) is 0 Å². The zero-order valence-corrected chi connectivity index (χ0v) is 8.19. The number of hydrogen-bond acceptors (Lipinski definition) is 4. The van der Waals surface area contributed by atoms with E-state index in [0.717, 1.165) is 0 Å². The second kappa shape index (κ2) is 5.55. The Kier molecular flexibility index (Phi) is 4.05. The molecule has 0 saturated carbocycles. The summed E-state index contributed by atoms with van der Waals surface area (Å²) in [6.07, 6.45) is 2.17. The highest BCUT2D eigenvalue weighted by Crippen LogP contribution is 1.95. The number of rotatable bonds is 2. The zero-order valence-electron chi connectivity index (χ0n) is 8.19. The van der Waals surface area contributed by atoms with Crippen molar-refractivity contribution in [3.63, 3.8) is 0 Å². The van der Waals surface area contributed by atoms with Crippen molar-refractivity contribution in [2.75, 3.05) is 7.11 Å². The Morgan fingerprint density at radius 2 is 2.40 bits per heavy atom. The summed E-state index contributed by atoms with van der Waals surface area (Å²) >= 11 is 0. The van der Waals surface area contributed by atoms with E-state index in [1.54, 1.807) is 12.1 Å². The number of methoxy groups -OCH3 is 1. The lowest BCUT2D eigenvalue weighted by Crippen LogP contribution is -1.97. The number of nitrogens with zero attached hydrogens (tertiary/aromatic N) is 1. The van der Waals surface area contributed by atoms with Crippen molar-refractivity contribution in [2.45, 2.75) is 6.42 Å². The Balaban J connectivity index is 2.64. The van der Waals surface area contributed by atoms with Crippen LogP contribution >= 0.6 is 0 Å². The molecule has 0 aliphatic rings. The van der Waals surface area contributed by atoms with Crippen LogP contribution < -0.4 is 0 Å². The lowest BCUT2D eigenvalue weighted by Gasteiger charge is -1.91. The average Bonchev–Trinajstić information content (AvgIpc) is 2.29. The topological polar surface area (TPSA) is 56.3 Å². The lowest BCUT2D eigenvalue weighted by molar-refractivity contribution is -0.139. The van der Waals surface area contributed by atoms with Gasteiger partial charge in [0.05, 0.1) is 7.11 Å². The van der Waals surface area contributed by atoms with E-state index >= 15 is 0 Å². The maximum Gasteiger partial charge on any atom is 0.317 e. The Labute approximate surface area is 87.3 Å². The third kappa shape index (κ3) is 3.61. The van der Waals surface area contributed by atoms with Crippen molar-refractivity contribution in [1.29, 1.82) is 0 Å². The summed E-state index contributed by atoms with van der Waals surface area (Å²) in [5.74, 6) is 4.92. The van der Waals surface area contributed by atoms with Crippen LogP contribution in [0.25, 0.3) is 0 Å². The molecule has 15 heavy (non-hydrogen) atoms. The summed E-state index contributed by atoms with van der Waals surface area (Å²) in [5, 5.41) is 0. The molecule has 1 rings (SSSR count). The van der Waals surface area contributed by atoms with Crippen LogP contribution in [0, 0.1) is 11.8 Å². The molecule has 0 N–H and O–H groups in total. The van der Waals surface area contributed by atoms with Gasteiger partial charge in [-0.3, -0.25) is 9.59 Å². The van der Waals surface area contributed by atoms with Gasteiger partial charge >= 0.3 is 5.97 Å². The van der Waals surface area contributed by atoms with E-state index in [-0.39, 0.29) is 12.4 Å². The van der Waals surface area contributed by atoms with E-state index in [1.807, 2.05) is 0 Å². The molecule has 0 aromatic carbocycles. The summed E-state index contributed by atoms with van der Waals surface area (Å²) < 4.78 is 4.42. The van der Waals surface area contributed by atoms with Gasteiger partial charge in [0.15, 0.2) is 6.29 Å². The smallest absolute Gasteiger partial charge is 0.317 e. The fraction of sp³-hybridized carbons (Fsp3) is 0.182. The number of aldehydes is 1. The minimum Gasteiger partial charge on any atom is -0.468 e. The highest BCUT2D eigenvalue weighted by Gasteiger charge is 1.94. The third-order valence-electron chi connectivity index (χ3n) is 1.60. The SMILES string of the molecule is COC(=O)CC#Cc1ccc(C=O)cn1. The van der Waals surface area contributed by atoms with E-state index in [1.165, 1.54) is 13.3 Å². The second-order valence-electron chi connectivity index (χ2n) is 2.65. The molecular formula is C11H9NO3. The number of pyridine rings is 1. The average molecular weight is 203 g/mol. The first-order chi connectivity index (χ1) is 7.26. The molecule has 0 unspecified atom stereocenters. The minimum atomic E-state index is -0.382. The molecule has 4 heteroatoms. The highest BCUT2D eigenvalue weighted by molar-refractivity contribution is 5.74. The maximum atomic E-state index is 10.7. The molecule has 0 bridgehead atoms. The summed E-state index contributed by atoms with van der Waals surface area (Å²) in [6.45, 7) is 0. The second-order valence-corrected chi connectivity index (χ2v) is 2.65. The summed E-state index contributed by atoms with van der Waals surface area (Å²) in [5.41, 5.74) is 1.01. The molecule has 0 radical (unpaired) electrons. The summed E-state index contributed by atoms with van der Waals surface area (Å²) in [6, 6.07) is 3.23. The molecule has 0 saturated heterocycles. The predicted molar refractivity (Wildman–Crippen MR) is 53.1 cm³/mol. The fourth-order valence-electron chi connectivity index (χ4n) is 0.828. The zero-order chi connectivity index (χ0) is 11.1. The van der Waals surface area contributed by atoms with Gasteiger partial charge in [0.2, 0.25) is 0 Å². The Morgan fingerprint density at radius 1 is 1.60 bits per heavy atom. The Hall–Kier alpha value is -2.15. The van der Waals surface area contributed by atoms with Crippen LogP contribution in [0.15, 0.2) is 18.3 Å². The third-order valence-corrected chi connectivity index (χ3v) is 1.60. The predicted octanol–water partition coefficient (Wildman–Crippen LogP) is 0.809. The Bertz CT molecular complexity index is 412. The van der Waals surface area contributed by atoms with Gasteiger partial charge in [0, 0.05) is 11.8 Å². The first-order valence-corrected chi connectivity index (χ1v) is 4.23. The van der Waals surface area contributed by atoms with Crippen molar-refractivity contribution in [3.05, 3.63) is 29.6 Å². The van der Waals surface area contributed by atoms with Crippen molar-refractivity contribution < 1.29 is 14.3 Å². The van der Waals surface area contributed by atoms with Crippen LogP contribution in [0.5, 0.6) is 0 Å². The highest BCUT2D eigenvalue weighted by atomic mass is 16.5. The van der Waals surface area contributed by atoms with E-state index in [9.17, 15) is 9.59 Å². The molecule has 1 heterocycles. The van der Waals surface area contributed by atoms with Gasteiger partial charge in [-0.25, -0.2) is 4.98 Å².